The number of benzene rings is 1. The van der Waals surface area contributed by atoms with Gasteiger partial charge in [-0.2, -0.15) is 5.10 Å². The third-order valence-corrected chi connectivity index (χ3v) is 3.34. The number of hydrogen-bond acceptors (Lipinski definition) is 4. The first-order valence-electron chi connectivity index (χ1n) is 6.83. The van der Waals surface area contributed by atoms with E-state index in [1.807, 2.05) is 6.07 Å². The lowest BCUT2D eigenvalue weighted by molar-refractivity contribution is 0.0706. The zero-order valence-corrected chi connectivity index (χ0v) is 11.6. The maximum atomic E-state index is 11.9. The molecule has 0 aliphatic heterocycles. The topological polar surface area (TPSA) is 119 Å². The molecule has 1 saturated carbocycles. The van der Waals surface area contributed by atoms with Crippen molar-refractivity contribution in [3.8, 4) is 0 Å². The molecule has 1 aliphatic carbocycles. The summed E-state index contributed by atoms with van der Waals surface area (Å²) in [5.41, 5.74) is 3.22. The van der Waals surface area contributed by atoms with Crippen molar-refractivity contribution in [1.29, 1.82) is 0 Å². The molecule has 1 aliphatic rings. The first-order chi connectivity index (χ1) is 10.7. The van der Waals surface area contributed by atoms with Crippen LogP contribution in [0.3, 0.4) is 0 Å². The second-order valence-corrected chi connectivity index (χ2v) is 5.08. The lowest BCUT2D eigenvalue weighted by atomic mass is 10.2. The fourth-order valence-corrected chi connectivity index (χ4v) is 2.09. The number of aromatic amines is 1. The van der Waals surface area contributed by atoms with Gasteiger partial charge in [0, 0.05) is 28.9 Å². The number of carbonyl (C=O) groups is 2. The third kappa shape index (κ3) is 3.23. The van der Waals surface area contributed by atoms with E-state index in [2.05, 4.69) is 20.8 Å². The summed E-state index contributed by atoms with van der Waals surface area (Å²) >= 11 is 0. The molecular weight excluding hydrogens is 286 g/mol. The van der Waals surface area contributed by atoms with E-state index in [1.165, 1.54) is 17.6 Å². The molecule has 3 rings (SSSR count). The van der Waals surface area contributed by atoms with Gasteiger partial charge in [-0.3, -0.25) is 20.4 Å². The highest BCUT2D eigenvalue weighted by Crippen LogP contribution is 2.39. The smallest absolute Gasteiger partial charge is 0.308 e. The number of rotatable bonds is 4. The van der Waals surface area contributed by atoms with Gasteiger partial charge < -0.3 is 5.32 Å². The van der Waals surface area contributed by atoms with Gasteiger partial charge in [0.05, 0.1) is 0 Å². The molecule has 8 nitrogen and oxygen atoms in total. The second-order valence-electron chi connectivity index (χ2n) is 5.08. The van der Waals surface area contributed by atoms with E-state index in [4.69, 9.17) is 5.21 Å². The minimum absolute atomic E-state index is 0.232. The van der Waals surface area contributed by atoms with Crippen molar-refractivity contribution in [3.63, 3.8) is 0 Å². The number of aromatic nitrogens is 2. The fourth-order valence-electron chi connectivity index (χ4n) is 2.09. The van der Waals surface area contributed by atoms with Crippen molar-refractivity contribution in [1.82, 2.24) is 15.7 Å². The number of amides is 3. The van der Waals surface area contributed by atoms with Crippen LogP contribution in [-0.2, 0) is 0 Å². The van der Waals surface area contributed by atoms with Crippen molar-refractivity contribution < 1.29 is 14.8 Å². The van der Waals surface area contributed by atoms with Crippen LogP contribution in [0.15, 0.2) is 30.3 Å². The van der Waals surface area contributed by atoms with Gasteiger partial charge in [0.15, 0.2) is 5.82 Å². The summed E-state index contributed by atoms with van der Waals surface area (Å²) in [5.74, 6) is 0.328. The predicted molar refractivity (Wildman–Crippen MR) is 78.9 cm³/mol. The first kappa shape index (κ1) is 14.1. The van der Waals surface area contributed by atoms with E-state index in [9.17, 15) is 9.59 Å². The number of carbonyl (C=O) groups excluding carboxylic acids is 2. The Morgan fingerprint density at radius 3 is 2.77 bits per heavy atom. The molecule has 1 heterocycles. The Balaban J connectivity index is 1.62. The van der Waals surface area contributed by atoms with Crippen LogP contribution in [0.2, 0.25) is 0 Å². The van der Waals surface area contributed by atoms with Crippen LogP contribution in [0.5, 0.6) is 0 Å². The fraction of sp³-hybridized carbons (Fsp3) is 0.214. The van der Waals surface area contributed by atoms with Gasteiger partial charge in [-0.25, -0.2) is 10.3 Å². The maximum absolute atomic E-state index is 11.9. The van der Waals surface area contributed by atoms with Gasteiger partial charge in [0.2, 0.25) is 0 Å². The van der Waals surface area contributed by atoms with Crippen LogP contribution in [-0.4, -0.2) is 27.3 Å². The highest BCUT2D eigenvalue weighted by molar-refractivity contribution is 6.00. The minimum Gasteiger partial charge on any atom is -0.308 e. The molecule has 0 saturated heterocycles. The van der Waals surface area contributed by atoms with Crippen LogP contribution in [0.25, 0.3) is 0 Å². The monoisotopic (exact) mass is 301 g/mol. The molecule has 1 aromatic carbocycles. The standard InChI is InChI=1S/C14H15N5O3/c20-13(19-22)9-2-1-3-10(6-9)15-14(21)16-12-7-11(17-18-12)8-4-5-8/h1-3,6-8,22H,4-5H2,(H,19,20)(H3,15,16,17,18,21). The molecule has 0 atom stereocenters. The largest absolute Gasteiger partial charge is 0.324 e. The molecule has 1 aromatic heterocycles. The van der Waals surface area contributed by atoms with E-state index in [0.717, 1.165) is 18.5 Å². The van der Waals surface area contributed by atoms with Crippen LogP contribution >= 0.6 is 0 Å². The number of hydroxylamine groups is 1. The SMILES string of the molecule is O=C(Nc1cccc(C(=O)NO)c1)Nc1cc(C2CC2)[nH]n1. The summed E-state index contributed by atoms with van der Waals surface area (Å²) in [4.78, 5) is 23.2. The van der Waals surface area contributed by atoms with E-state index in [0.29, 0.717) is 17.4 Å². The second kappa shape index (κ2) is 5.86. The van der Waals surface area contributed by atoms with Gasteiger partial charge in [0.1, 0.15) is 0 Å². The number of anilines is 2. The van der Waals surface area contributed by atoms with Crippen molar-refractivity contribution in [3.05, 3.63) is 41.6 Å². The molecule has 0 spiro atoms. The zero-order chi connectivity index (χ0) is 15.5. The Bertz CT molecular complexity index is 708. The summed E-state index contributed by atoms with van der Waals surface area (Å²) < 4.78 is 0. The highest BCUT2D eigenvalue weighted by atomic mass is 16.5. The number of nitrogens with one attached hydrogen (secondary N) is 4. The maximum Gasteiger partial charge on any atom is 0.324 e. The summed E-state index contributed by atoms with van der Waals surface area (Å²) in [6.07, 6.45) is 2.29. The molecular formula is C14H15N5O3. The molecule has 8 heteroatoms. The van der Waals surface area contributed by atoms with E-state index >= 15 is 0 Å². The molecule has 22 heavy (non-hydrogen) atoms. The van der Waals surface area contributed by atoms with Crippen LogP contribution in [0.1, 0.15) is 34.8 Å². The van der Waals surface area contributed by atoms with Gasteiger partial charge in [-0.1, -0.05) is 6.07 Å². The Morgan fingerprint density at radius 1 is 1.23 bits per heavy atom. The summed E-state index contributed by atoms with van der Waals surface area (Å²) in [5, 5.41) is 20.7. The van der Waals surface area contributed by atoms with Crippen LogP contribution < -0.4 is 16.1 Å². The van der Waals surface area contributed by atoms with Gasteiger partial charge >= 0.3 is 6.03 Å². The molecule has 1 fully saturated rings. The number of hydrogen-bond donors (Lipinski definition) is 5. The normalized spacial score (nSPS) is 13.5. The quantitative estimate of drug-likeness (QED) is 0.438. The summed E-state index contributed by atoms with van der Waals surface area (Å²) in [6, 6.07) is 7.55. The lowest BCUT2D eigenvalue weighted by Crippen LogP contribution is -2.21. The summed E-state index contributed by atoms with van der Waals surface area (Å²) in [7, 11) is 0. The van der Waals surface area contributed by atoms with Crippen molar-refractivity contribution >= 4 is 23.4 Å². The van der Waals surface area contributed by atoms with Gasteiger partial charge in [-0.15, -0.1) is 0 Å². The molecule has 0 bridgehead atoms. The zero-order valence-electron chi connectivity index (χ0n) is 11.6. The Kier molecular flexibility index (Phi) is 3.75. The molecule has 5 N–H and O–H groups in total. The Labute approximate surface area is 125 Å². The van der Waals surface area contributed by atoms with Crippen molar-refractivity contribution in [2.75, 3.05) is 10.6 Å². The van der Waals surface area contributed by atoms with E-state index in [1.54, 1.807) is 12.1 Å². The molecule has 0 unspecified atom stereocenters. The van der Waals surface area contributed by atoms with E-state index in [-0.39, 0.29) is 5.56 Å². The van der Waals surface area contributed by atoms with Crippen molar-refractivity contribution in [2.24, 2.45) is 0 Å². The Hall–Kier alpha value is -2.87. The molecule has 3 amide bonds. The van der Waals surface area contributed by atoms with Crippen molar-refractivity contribution in [2.45, 2.75) is 18.8 Å². The highest BCUT2D eigenvalue weighted by Gasteiger charge is 2.25. The van der Waals surface area contributed by atoms with Crippen LogP contribution in [0, 0.1) is 0 Å². The summed E-state index contributed by atoms with van der Waals surface area (Å²) in [6.45, 7) is 0. The average Bonchev–Trinajstić information content (AvgIpc) is 3.27. The number of H-pyrrole nitrogens is 1. The minimum atomic E-state index is -0.648. The van der Waals surface area contributed by atoms with Gasteiger partial charge in [-0.05, 0) is 31.0 Å². The average molecular weight is 301 g/mol. The van der Waals surface area contributed by atoms with E-state index < -0.39 is 11.9 Å². The molecule has 2 aromatic rings. The van der Waals surface area contributed by atoms with Gasteiger partial charge in [0.25, 0.3) is 5.91 Å². The lowest BCUT2D eigenvalue weighted by Gasteiger charge is -2.06. The molecule has 114 valence electrons. The number of urea groups is 1. The third-order valence-electron chi connectivity index (χ3n) is 3.34. The Morgan fingerprint density at radius 2 is 2.05 bits per heavy atom. The molecule has 0 radical (unpaired) electrons. The predicted octanol–water partition coefficient (Wildman–Crippen LogP) is 2.05. The number of nitrogens with zero attached hydrogens (tertiary/aromatic N) is 1. The van der Waals surface area contributed by atoms with Crippen LogP contribution in [0.4, 0.5) is 16.3 Å². The first-order valence-corrected chi connectivity index (χ1v) is 6.83.